The summed E-state index contributed by atoms with van der Waals surface area (Å²) in [5.74, 6) is -1.94. The smallest absolute Gasteiger partial charge is 0.311 e. The van der Waals surface area contributed by atoms with Crippen LogP contribution in [0.2, 0.25) is 0 Å². The average Bonchev–Trinajstić information content (AvgIpc) is 3.17. The number of rotatable bonds is 8. The molecule has 0 aliphatic carbocycles. The first-order chi connectivity index (χ1) is 14.9. The molecule has 9 nitrogen and oxygen atoms in total. The van der Waals surface area contributed by atoms with E-state index in [4.69, 9.17) is 14.2 Å². The summed E-state index contributed by atoms with van der Waals surface area (Å²) in [7, 11) is 2.92. The SMILES string of the molecule is COc1cc(OC)cc(C(=O)NN2C[C@H](C(=O)OCC(=O)c3ccccc3)CC2=O)c1. The number of methoxy groups -OCH3 is 2. The molecule has 1 aliphatic rings. The van der Waals surface area contributed by atoms with Crippen LogP contribution in [0, 0.1) is 5.92 Å². The Morgan fingerprint density at radius 3 is 2.26 bits per heavy atom. The van der Waals surface area contributed by atoms with Gasteiger partial charge in [-0.15, -0.1) is 0 Å². The van der Waals surface area contributed by atoms with E-state index in [0.717, 1.165) is 5.01 Å². The Morgan fingerprint density at radius 2 is 1.65 bits per heavy atom. The second-order valence-electron chi connectivity index (χ2n) is 6.84. The van der Waals surface area contributed by atoms with Crippen LogP contribution in [0.15, 0.2) is 48.5 Å². The summed E-state index contributed by atoms with van der Waals surface area (Å²) in [6, 6.07) is 13.1. The summed E-state index contributed by atoms with van der Waals surface area (Å²) in [5, 5.41) is 1.07. The number of benzene rings is 2. The van der Waals surface area contributed by atoms with E-state index in [9.17, 15) is 19.2 Å². The molecule has 1 fully saturated rings. The van der Waals surface area contributed by atoms with Crippen molar-refractivity contribution in [3.05, 3.63) is 59.7 Å². The number of ether oxygens (including phenoxy) is 3. The van der Waals surface area contributed by atoms with Gasteiger partial charge in [0.1, 0.15) is 11.5 Å². The molecule has 31 heavy (non-hydrogen) atoms. The minimum Gasteiger partial charge on any atom is -0.497 e. The van der Waals surface area contributed by atoms with E-state index >= 15 is 0 Å². The number of hydrogen-bond donors (Lipinski definition) is 1. The summed E-state index contributed by atoms with van der Waals surface area (Å²) in [6.45, 7) is -0.465. The molecule has 162 valence electrons. The second-order valence-corrected chi connectivity index (χ2v) is 6.84. The van der Waals surface area contributed by atoms with Gasteiger partial charge in [0.05, 0.1) is 26.7 Å². The molecule has 0 spiro atoms. The Hall–Kier alpha value is -3.88. The van der Waals surface area contributed by atoms with Crippen molar-refractivity contribution >= 4 is 23.6 Å². The fourth-order valence-electron chi connectivity index (χ4n) is 3.06. The molecule has 3 rings (SSSR count). The average molecular weight is 426 g/mol. The largest absolute Gasteiger partial charge is 0.497 e. The lowest BCUT2D eigenvalue weighted by atomic mass is 10.1. The summed E-state index contributed by atoms with van der Waals surface area (Å²) in [6.07, 6.45) is -0.125. The van der Waals surface area contributed by atoms with Gasteiger partial charge >= 0.3 is 5.97 Å². The minimum atomic E-state index is -0.781. The minimum absolute atomic E-state index is 0.0516. The van der Waals surface area contributed by atoms with Gasteiger partial charge in [0.15, 0.2) is 12.4 Å². The van der Waals surface area contributed by atoms with Gasteiger partial charge in [0.2, 0.25) is 5.91 Å². The van der Waals surface area contributed by atoms with Crippen molar-refractivity contribution in [3.8, 4) is 11.5 Å². The molecule has 1 heterocycles. The van der Waals surface area contributed by atoms with E-state index in [0.29, 0.717) is 17.1 Å². The number of ketones is 1. The number of esters is 1. The van der Waals surface area contributed by atoms with Gasteiger partial charge in [-0.3, -0.25) is 29.6 Å². The molecule has 1 atom stereocenters. The summed E-state index contributed by atoms with van der Waals surface area (Å²) >= 11 is 0. The molecule has 0 radical (unpaired) electrons. The van der Waals surface area contributed by atoms with Crippen LogP contribution in [0.5, 0.6) is 11.5 Å². The molecule has 9 heteroatoms. The van der Waals surface area contributed by atoms with Crippen LogP contribution < -0.4 is 14.9 Å². The number of hydrazine groups is 1. The zero-order valence-electron chi connectivity index (χ0n) is 17.1. The van der Waals surface area contributed by atoms with Crippen LogP contribution in [0.1, 0.15) is 27.1 Å². The third-order valence-electron chi connectivity index (χ3n) is 4.75. The van der Waals surface area contributed by atoms with Crippen molar-refractivity contribution in [2.24, 2.45) is 5.92 Å². The van der Waals surface area contributed by atoms with E-state index < -0.39 is 30.3 Å². The molecule has 0 aromatic heterocycles. The van der Waals surface area contributed by atoms with Crippen LogP contribution in [0.25, 0.3) is 0 Å². The molecule has 2 aromatic carbocycles. The van der Waals surface area contributed by atoms with Crippen molar-refractivity contribution in [3.63, 3.8) is 0 Å². The summed E-state index contributed by atoms with van der Waals surface area (Å²) in [5.41, 5.74) is 3.14. The molecule has 1 aliphatic heterocycles. The van der Waals surface area contributed by atoms with Crippen molar-refractivity contribution in [1.29, 1.82) is 0 Å². The first-order valence-corrected chi connectivity index (χ1v) is 9.50. The predicted octanol–water partition coefficient (Wildman–Crippen LogP) is 1.62. The van der Waals surface area contributed by atoms with Gasteiger partial charge in [-0.1, -0.05) is 30.3 Å². The highest BCUT2D eigenvalue weighted by molar-refractivity contribution is 5.99. The standard InChI is InChI=1S/C22H22N2O7/c1-29-17-8-15(9-18(11-17)30-2)21(27)23-24-12-16(10-20(24)26)22(28)31-13-19(25)14-6-4-3-5-7-14/h3-9,11,16H,10,12-13H2,1-2H3,(H,23,27)/t16-/m1/s1. The lowest BCUT2D eigenvalue weighted by Gasteiger charge is -2.18. The first kappa shape index (κ1) is 21.8. The molecular formula is C22H22N2O7. The molecule has 0 saturated carbocycles. The molecule has 2 amide bonds. The van der Waals surface area contributed by atoms with Gasteiger partial charge in [-0.25, -0.2) is 0 Å². The zero-order chi connectivity index (χ0) is 22.4. The van der Waals surface area contributed by atoms with Crippen LogP contribution >= 0.6 is 0 Å². The maximum absolute atomic E-state index is 12.6. The highest BCUT2D eigenvalue weighted by Crippen LogP contribution is 2.23. The molecule has 0 bridgehead atoms. The summed E-state index contributed by atoms with van der Waals surface area (Å²) < 4.78 is 15.3. The van der Waals surface area contributed by atoms with Gasteiger partial charge in [0, 0.05) is 23.6 Å². The topological polar surface area (TPSA) is 111 Å². The highest BCUT2D eigenvalue weighted by Gasteiger charge is 2.36. The number of hydrogen-bond acceptors (Lipinski definition) is 7. The fourth-order valence-corrected chi connectivity index (χ4v) is 3.06. The molecule has 0 unspecified atom stereocenters. The predicted molar refractivity (Wildman–Crippen MR) is 109 cm³/mol. The number of amides is 2. The Labute approximate surface area is 178 Å². The maximum atomic E-state index is 12.6. The Kier molecular flexibility index (Phi) is 6.86. The van der Waals surface area contributed by atoms with Gasteiger partial charge in [-0.2, -0.15) is 0 Å². The Morgan fingerprint density at radius 1 is 1.00 bits per heavy atom. The first-order valence-electron chi connectivity index (χ1n) is 9.50. The monoisotopic (exact) mass is 426 g/mol. The van der Waals surface area contributed by atoms with E-state index in [-0.39, 0.29) is 24.3 Å². The third kappa shape index (κ3) is 5.39. The number of nitrogens with one attached hydrogen (secondary N) is 1. The maximum Gasteiger partial charge on any atom is 0.311 e. The van der Waals surface area contributed by atoms with Crippen LogP contribution in [0.4, 0.5) is 0 Å². The Bertz CT molecular complexity index is 968. The van der Waals surface area contributed by atoms with Gasteiger partial charge in [0.25, 0.3) is 5.91 Å². The Balaban J connectivity index is 1.56. The van der Waals surface area contributed by atoms with E-state index in [2.05, 4.69) is 5.43 Å². The quantitative estimate of drug-likeness (QED) is 0.504. The molecule has 1 N–H and O–H groups in total. The highest BCUT2D eigenvalue weighted by atomic mass is 16.5. The molecular weight excluding hydrogens is 404 g/mol. The number of Topliss-reactive ketones (excluding diaryl/α,β-unsaturated/α-hetero) is 1. The number of nitrogens with zero attached hydrogens (tertiary/aromatic N) is 1. The van der Waals surface area contributed by atoms with Gasteiger partial charge in [-0.05, 0) is 12.1 Å². The van der Waals surface area contributed by atoms with E-state index in [1.54, 1.807) is 36.4 Å². The van der Waals surface area contributed by atoms with Crippen molar-refractivity contribution < 1.29 is 33.4 Å². The van der Waals surface area contributed by atoms with Crippen molar-refractivity contribution in [1.82, 2.24) is 10.4 Å². The van der Waals surface area contributed by atoms with Crippen molar-refractivity contribution in [2.75, 3.05) is 27.4 Å². The third-order valence-corrected chi connectivity index (χ3v) is 4.75. The van der Waals surface area contributed by atoms with Crippen molar-refractivity contribution in [2.45, 2.75) is 6.42 Å². The second kappa shape index (κ2) is 9.75. The van der Waals surface area contributed by atoms with Crippen LogP contribution in [0.3, 0.4) is 0 Å². The summed E-state index contributed by atoms with van der Waals surface area (Å²) in [4.78, 5) is 49.2. The zero-order valence-corrected chi connectivity index (χ0v) is 17.1. The molecule has 2 aromatic rings. The fraction of sp³-hybridized carbons (Fsp3) is 0.273. The number of carbonyl (C=O) groups is 4. The lowest BCUT2D eigenvalue weighted by Crippen LogP contribution is -2.43. The lowest BCUT2D eigenvalue weighted by molar-refractivity contribution is -0.147. The van der Waals surface area contributed by atoms with E-state index in [1.165, 1.54) is 26.4 Å². The van der Waals surface area contributed by atoms with Crippen LogP contribution in [-0.4, -0.2) is 55.9 Å². The normalized spacial score (nSPS) is 15.4. The number of carbonyl (C=O) groups excluding carboxylic acids is 4. The molecule has 1 saturated heterocycles. The van der Waals surface area contributed by atoms with Crippen LogP contribution in [-0.2, 0) is 14.3 Å². The van der Waals surface area contributed by atoms with E-state index in [1.807, 2.05) is 0 Å². The van der Waals surface area contributed by atoms with Gasteiger partial charge < -0.3 is 14.2 Å².